The largest absolute Gasteiger partial charge is 0.383 e. The van der Waals surface area contributed by atoms with E-state index in [0.29, 0.717) is 23.9 Å². The van der Waals surface area contributed by atoms with E-state index in [-0.39, 0.29) is 18.3 Å². The van der Waals surface area contributed by atoms with Crippen LogP contribution in [0.2, 0.25) is 5.02 Å². The molecule has 0 aliphatic heterocycles. The second-order valence-electron chi connectivity index (χ2n) is 3.73. The minimum absolute atomic E-state index is 0.0713. The zero-order valence-electron chi connectivity index (χ0n) is 10.3. The van der Waals surface area contributed by atoms with Crippen LogP contribution in [-0.2, 0) is 16.0 Å². The molecule has 17 heavy (non-hydrogen) atoms. The molecule has 0 aliphatic rings. The number of hydrogen-bond donors (Lipinski definition) is 0. The van der Waals surface area contributed by atoms with E-state index >= 15 is 0 Å². The molecule has 0 aliphatic carbocycles. The molecule has 6 heteroatoms. The lowest BCUT2D eigenvalue weighted by Crippen LogP contribution is -2.18. The van der Waals surface area contributed by atoms with Gasteiger partial charge in [-0.25, -0.2) is 0 Å². The summed E-state index contributed by atoms with van der Waals surface area (Å²) in [4.78, 5) is 12.0. The summed E-state index contributed by atoms with van der Waals surface area (Å²) in [5.41, 5.74) is 0.424. The lowest BCUT2D eigenvalue weighted by Gasteiger charge is -2.10. The van der Waals surface area contributed by atoms with Crippen molar-refractivity contribution in [2.24, 2.45) is 0 Å². The molecule has 0 aromatic carbocycles. The first-order valence-electron chi connectivity index (χ1n) is 5.36. The monoisotopic (exact) mass is 260 g/mol. The molecule has 0 spiro atoms. The number of nitrogens with zero attached hydrogens (tertiary/aromatic N) is 2. The molecule has 1 atom stereocenters. The van der Waals surface area contributed by atoms with Crippen molar-refractivity contribution >= 4 is 17.4 Å². The van der Waals surface area contributed by atoms with Gasteiger partial charge in [0.1, 0.15) is 5.69 Å². The van der Waals surface area contributed by atoms with Crippen LogP contribution in [0.5, 0.6) is 0 Å². The zero-order chi connectivity index (χ0) is 12.8. The topological polar surface area (TPSA) is 53.4 Å². The van der Waals surface area contributed by atoms with Crippen LogP contribution in [0, 0.1) is 0 Å². The van der Waals surface area contributed by atoms with Gasteiger partial charge in [0, 0.05) is 20.6 Å². The van der Waals surface area contributed by atoms with Gasteiger partial charge in [0.05, 0.1) is 30.5 Å². The second-order valence-corrected chi connectivity index (χ2v) is 4.14. The van der Waals surface area contributed by atoms with Crippen LogP contribution in [0.15, 0.2) is 6.20 Å². The molecule has 1 aromatic rings. The van der Waals surface area contributed by atoms with Crippen LogP contribution in [-0.4, -0.2) is 42.5 Å². The first-order valence-corrected chi connectivity index (χ1v) is 5.74. The Balaban J connectivity index is 2.80. The van der Waals surface area contributed by atoms with E-state index < -0.39 is 0 Å². The third kappa shape index (κ3) is 3.80. The van der Waals surface area contributed by atoms with Crippen molar-refractivity contribution in [1.82, 2.24) is 9.78 Å². The van der Waals surface area contributed by atoms with Crippen LogP contribution in [0.3, 0.4) is 0 Å². The van der Waals surface area contributed by atoms with Crippen molar-refractivity contribution in [2.75, 3.05) is 20.8 Å². The van der Waals surface area contributed by atoms with Gasteiger partial charge in [0.25, 0.3) is 0 Å². The Kier molecular flexibility index (Phi) is 5.61. The quantitative estimate of drug-likeness (QED) is 0.702. The molecule has 0 bridgehead atoms. The molecule has 0 fully saturated rings. The molecule has 0 saturated carbocycles. The number of halogens is 1. The smallest absolute Gasteiger partial charge is 0.184 e. The van der Waals surface area contributed by atoms with Gasteiger partial charge in [-0.15, -0.1) is 0 Å². The van der Waals surface area contributed by atoms with Crippen molar-refractivity contribution in [1.29, 1.82) is 0 Å². The Labute approximate surface area is 106 Å². The van der Waals surface area contributed by atoms with Crippen LogP contribution >= 0.6 is 11.6 Å². The minimum Gasteiger partial charge on any atom is -0.383 e. The van der Waals surface area contributed by atoms with Gasteiger partial charge in [0.15, 0.2) is 5.78 Å². The molecule has 1 rings (SSSR count). The van der Waals surface area contributed by atoms with Gasteiger partial charge in [-0.1, -0.05) is 11.6 Å². The normalized spacial score (nSPS) is 12.7. The molecule has 0 N–H and O–H groups in total. The van der Waals surface area contributed by atoms with Crippen LogP contribution in [0.1, 0.15) is 23.8 Å². The Morgan fingerprint density at radius 1 is 1.59 bits per heavy atom. The standard InChI is InChI=1S/C11H17ClN2O3/c1-8(17-3)6-10(15)11-9(12)7-13-14(11)4-5-16-2/h7-8H,4-6H2,1-3H3. The molecule has 1 heterocycles. The van der Waals surface area contributed by atoms with E-state index in [1.807, 2.05) is 6.92 Å². The van der Waals surface area contributed by atoms with Crippen molar-refractivity contribution in [2.45, 2.75) is 26.0 Å². The van der Waals surface area contributed by atoms with Gasteiger partial charge in [0.2, 0.25) is 0 Å². The van der Waals surface area contributed by atoms with Gasteiger partial charge in [-0.3, -0.25) is 9.48 Å². The van der Waals surface area contributed by atoms with E-state index in [2.05, 4.69) is 5.10 Å². The second kappa shape index (κ2) is 6.74. The number of ketones is 1. The summed E-state index contributed by atoms with van der Waals surface area (Å²) in [6.45, 7) is 2.82. The predicted molar refractivity (Wildman–Crippen MR) is 64.5 cm³/mol. The summed E-state index contributed by atoms with van der Waals surface area (Å²) in [6, 6.07) is 0. The van der Waals surface area contributed by atoms with Gasteiger partial charge < -0.3 is 9.47 Å². The number of methoxy groups -OCH3 is 2. The molecule has 0 saturated heterocycles. The maximum atomic E-state index is 12.0. The lowest BCUT2D eigenvalue weighted by molar-refractivity contribution is 0.0780. The molecule has 96 valence electrons. The van der Waals surface area contributed by atoms with Crippen molar-refractivity contribution in [3.63, 3.8) is 0 Å². The first kappa shape index (κ1) is 14.2. The number of aromatic nitrogens is 2. The Morgan fingerprint density at radius 2 is 2.29 bits per heavy atom. The van der Waals surface area contributed by atoms with E-state index in [9.17, 15) is 4.79 Å². The van der Waals surface area contributed by atoms with Crippen LogP contribution in [0.4, 0.5) is 0 Å². The fourth-order valence-electron chi connectivity index (χ4n) is 1.43. The number of ether oxygens (including phenoxy) is 2. The number of carbonyl (C=O) groups excluding carboxylic acids is 1. The zero-order valence-corrected chi connectivity index (χ0v) is 11.0. The van der Waals surface area contributed by atoms with E-state index in [1.54, 1.807) is 18.9 Å². The molecule has 1 aromatic heterocycles. The first-order chi connectivity index (χ1) is 8.10. The summed E-state index contributed by atoms with van der Waals surface area (Å²) in [5.74, 6) is -0.0713. The summed E-state index contributed by atoms with van der Waals surface area (Å²) < 4.78 is 11.6. The Hall–Kier alpha value is -0.910. The molecule has 1 unspecified atom stereocenters. The lowest BCUT2D eigenvalue weighted by atomic mass is 10.1. The number of Topliss-reactive ketones (excluding diaryl/α,β-unsaturated/α-hetero) is 1. The minimum atomic E-state index is -0.135. The molecule has 0 radical (unpaired) electrons. The molecule has 5 nitrogen and oxygen atoms in total. The average Bonchev–Trinajstić information content (AvgIpc) is 2.67. The van der Waals surface area contributed by atoms with E-state index in [1.165, 1.54) is 6.20 Å². The highest BCUT2D eigenvalue weighted by Crippen LogP contribution is 2.18. The van der Waals surface area contributed by atoms with Crippen molar-refractivity contribution in [3.8, 4) is 0 Å². The highest BCUT2D eigenvalue weighted by molar-refractivity contribution is 6.33. The van der Waals surface area contributed by atoms with E-state index in [0.717, 1.165) is 0 Å². The number of hydrogen-bond acceptors (Lipinski definition) is 4. The summed E-state index contributed by atoms with van der Waals surface area (Å²) in [7, 11) is 3.17. The van der Waals surface area contributed by atoms with Crippen LogP contribution < -0.4 is 0 Å². The highest BCUT2D eigenvalue weighted by Gasteiger charge is 2.19. The molecular formula is C11H17ClN2O3. The third-order valence-corrected chi connectivity index (χ3v) is 2.72. The van der Waals surface area contributed by atoms with Gasteiger partial charge in [-0.05, 0) is 6.92 Å². The Morgan fingerprint density at radius 3 is 2.88 bits per heavy atom. The summed E-state index contributed by atoms with van der Waals surface area (Å²) in [5, 5.41) is 4.42. The summed E-state index contributed by atoms with van der Waals surface area (Å²) in [6.07, 6.45) is 1.63. The third-order valence-electron chi connectivity index (χ3n) is 2.44. The van der Waals surface area contributed by atoms with Crippen molar-refractivity contribution < 1.29 is 14.3 Å². The highest BCUT2D eigenvalue weighted by atomic mass is 35.5. The van der Waals surface area contributed by atoms with Crippen molar-refractivity contribution in [3.05, 3.63) is 16.9 Å². The molecular weight excluding hydrogens is 244 g/mol. The van der Waals surface area contributed by atoms with Gasteiger partial charge >= 0.3 is 0 Å². The predicted octanol–water partition coefficient (Wildman–Crippen LogP) is 1.79. The average molecular weight is 261 g/mol. The maximum absolute atomic E-state index is 12.0. The fourth-order valence-corrected chi connectivity index (χ4v) is 1.67. The van der Waals surface area contributed by atoms with Crippen LogP contribution in [0.25, 0.3) is 0 Å². The number of rotatable bonds is 7. The van der Waals surface area contributed by atoms with E-state index in [4.69, 9.17) is 21.1 Å². The SMILES string of the molecule is COCCn1ncc(Cl)c1C(=O)CC(C)OC. The maximum Gasteiger partial charge on any atom is 0.184 e. The molecule has 0 amide bonds. The summed E-state index contributed by atoms with van der Waals surface area (Å²) >= 11 is 5.96. The van der Waals surface area contributed by atoms with Gasteiger partial charge in [-0.2, -0.15) is 5.10 Å². The Bertz CT molecular complexity index is 379. The fraction of sp³-hybridized carbons (Fsp3) is 0.636. The number of carbonyl (C=O) groups is 1.